The maximum Gasteiger partial charge on any atom is 0.255 e. The third-order valence-corrected chi connectivity index (χ3v) is 5.01. The minimum atomic E-state index is -1.20. The Kier molecular flexibility index (Phi) is 4.79. The van der Waals surface area contributed by atoms with Crippen LogP contribution in [0, 0.1) is 0 Å². The lowest BCUT2D eigenvalue weighted by atomic mass is 9.88. The lowest BCUT2D eigenvalue weighted by Crippen LogP contribution is -2.59. The largest absolute Gasteiger partial charge is 0.379 e. The number of nitrogens with one attached hydrogen (secondary N) is 1. The van der Waals surface area contributed by atoms with Crippen molar-refractivity contribution in [1.29, 1.82) is 0 Å². The molecule has 1 saturated carbocycles. The summed E-state index contributed by atoms with van der Waals surface area (Å²) in [6, 6.07) is 10.7. The molecule has 22 heavy (non-hydrogen) atoms. The number of piperidine rings is 1. The van der Waals surface area contributed by atoms with E-state index in [1.165, 1.54) is 24.8 Å². The molecule has 0 spiro atoms. The van der Waals surface area contributed by atoms with Gasteiger partial charge in [-0.25, -0.2) is 0 Å². The SMILES string of the molecule is O=C1N(CCc2ccccc2)CCC[C@@]1(O)CNC1CCC1. The van der Waals surface area contributed by atoms with Gasteiger partial charge in [0.25, 0.3) is 5.91 Å². The monoisotopic (exact) mass is 302 g/mol. The molecule has 2 fully saturated rings. The molecule has 2 aliphatic rings. The van der Waals surface area contributed by atoms with Crippen LogP contribution in [-0.2, 0) is 11.2 Å². The van der Waals surface area contributed by atoms with Crippen LogP contribution in [0.25, 0.3) is 0 Å². The average molecular weight is 302 g/mol. The number of likely N-dealkylation sites (tertiary alicyclic amines) is 1. The zero-order valence-electron chi connectivity index (χ0n) is 13.1. The van der Waals surface area contributed by atoms with Crippen LogP contribution in [0.2, 0.25) is 0 Å². The summed E-state index contributed by atoms with van der Waals surface area (Å²) < 4.78 is 0. The molecule has 1 atom stereocenters. The minimum Gasteiger partial charge on any atom is -0.379 e. The topological polar surface area (TPSA) is 52.6 Å². The molecule has 2 N–H and O–H groups in total. The van der Waals surface area contributed by atoms with Gasteiger partial charge in [0.1, 0.15) is 0 Å². The molecule has 1 aromatic rings. The molecule has 120 valence electrons. The Bertz CT molecular complexity index is 501. The highest BCUT2D eigenvalue weighted by molar-refractivity contribution is 5.86. The summed E-state index contributed by atoms with van der Waals surface area (Å²) in [5, 5.41) is 14.1. The van der Waals surface area contributed by atoms with Gasteiger partial charge in [0, 0.05) is 25.7 Å². The highest BCUT2D eigenvalue weighted by Gasteiger charge is 2.42. The quantitative estimate of drug-likeness (QED) is 0.841. The Labute approximate surface area is 132 Å². The van der Waals surface area contributed by atoms with E-state index in [0.717, 1.165) is 19.4 Å². The molecule has 3 rings (SSSR count). The van der Waals surface area contributed by atoms with E-state index in [4.69, 9.17) is 0 Å². The molecule has 1 heterocycles. The molecule has 0 unspecified atom stereocenters. The van der Waals surface area contributed by atoms with E-state index < -0.39 is 5.60 Å². The van der Waals surface area contributed by atoms with Gasteiger partial charge in [0.15, 0.2) is 5.60 Å². The van der Waals surface area contributed by atoms with Gasteiger partial charge in [-0.15, -0.1) is 0 Å². The first-order valence-electron chi connectivity index (χ1n) is 8.46. The van der Waals surface area contributed by atoms with Crippen LogP contribution >= 0.6 is 0 Å². The van der Waals surface area contributed by atoms with Crippen molar-refractivity contribution in [2.75, 3.05) is 19.6 Å². The number of carbonyl (C=O) groups is 1. The van der Waals surface area contributed by atoms with Crippen LogP contribution < -0.4 is 5.32 Å². The standard InChI is InChI=1S/C18H26N2O2/c21-17-18(22,14-19-16-8-4-9-16)11-5-12-20(17)13-10-15-6-2-1-3-7-15/h1-3,6-7,16,19,22H,4-5,8-14H2/t18-/m1/s1. The molecule has 0 bridgehead atoms. The molecule has 0 radical (unpaired) electrons. The summed E-state index contributed by atoms with van der Waals surface area (Å²) in [5.41, 5.74) is 0.0295. The molecule has 1 aliphatic heterocycles. The summed E-state index contributed by atoms with van der Waals surface area (Å²) in [5.74, 6) is -0.0958. The summed E-state index contributed by atoms with van der Waals surface area (Å²) in [6.45, 7) is 1.85. The van der Waals surface area contributed by atoms with Crippen molar-refractivity contribution in [2.24, 2.45) is 0 Å². The highest BCUT2D eigenvalue weighted by atomic mass is 16.3. The smallest absolute Gasteiger partial charge is 0.255 e. The second kappa shape index (κ2) is 6.80. The third kappa shape index (κ3) is 3.50. The number of carbonyl (C=O) groups excluding carboxylic acids is 1. The molecule has 4 nitrogen and oxygen atoms in total. The lowest BCUT2D eigenvalue weighted by molar-refractivity contribution is -0.156. The van der Waals surface area contributed by atoms with E-state index in [9.17, 15) is 9.90 Å². The number of amides is 1. The Morgan fingerprint density at radius 2 is 2.00 bits per heavy atom. The second-order valence-electron chi connectivity index (χ2n) is 6.67. The van der Waals surface area contributed by atoms with E-state index in [-0.39, 0.29) is 5.91 Å². The van der Waals surface area contributed by atoms with E-state index >= 15 is 0 Å². The molecule has 1 amide bonds. The van der Waals surface area contributed by atoms with Gasteiger partial charge >= 0.3 is 0 Å². The Hall–Kier alpha value is -1.39. The maximum absolute atomic E-state index is 12.6. The van der Waals surface area contributed by atoms with Crippen LogP contribution in [0.1, 0.15) is 37.7 Å². The Morgan fingerprint density at radius 1 is 1.23 bits per heavy atom. The Balaban J connectivity index is 1.54. The molecule has 1 saturated heterocycles. The van der Waals surface area contributed by atoms with Gasteiger partial charge in [-0.2, -0.15) is 0 Å². The van der Waals surface area contributed by atoms with Crippen molar-refractivity contribution in [3.63, 3.8) is 0 Å². The van der Waals surface area contributed by atoms with Gasteiger partial charge in [-0.05, 0) is 37.7 Å². The van der Waals surface area contributed by atoms with Crippen molar-refractivity contribution in [1.82, 2.24) is 10.2 Å². The van der Waals surface area contributed by atoms with Crippen molar-refractivity contribution in [3.8, 4) is 0 Å². The first kappa shape index (κ1) is 15.5. The molecular formula is C18H26N2O2. The number of rotatable bonds is 6. The van der Waals surface area contributed by atoms with Crippen LogP contribution in [0.5, 0.6) is 0 Å². The van der Waals surface area contributed by atoms with Crippen LogP contribution in [0.4, 0.5) is 0 Å². The second-order valence-corrected chi connectivity index (χ2v) is 6.67. The van der Waals surface area contributed by atoms with E-state index in [2.05, 4.69) is 17.4 Å². The first-order valence-corrected chi connectivity index (χ1v) is 8.46. The summed E-state index contributed by atoms with van der Waals surface area (Å²) in [6.07, 6.45) is 5.90. The van der Waals surface area contributed by atoms with Crippen molar-refractivity contribution >= 4 is 5.91 Å². The molecular weight excluding hydrogens is 276 g/mol. The number of benzene rings is 1. The lowest BCUT2D eigenvalue weighted by Gasteiger charge is -2.40. The molecule has 4 heteroatoms. The molecule has 1 aliphatic carbocycles. The Morgan fingerprint density at radius 3 is 2.68 bits per heavy atom. The van der Waals surface area contributed by atoms with E-state index in [0.29, 0.717) is 25.6 Å². The summed E-state index contributed by atoms with van der Waals surface area (Å²) in [4.78, 5) is 14.5. The molecule has 1 aromatic carbocycles. The zero-order chi connectivity index (χ0) is 15.4. The van der Waals surface area contributed by atoms with Gasteiger partial charge in [0.2, 0.25) is 0 Å². The van der Waals surface area contributed by atoms with Gasteiger partial charge in [-0.1, -0.05) is 36.8 Å². The van der Waals surface area contributed by atoms with E-state index in [1.54, 1.807) is 0 Å². The summed E-state index contributed by atoms with van der Waals surface area (Å²) in [7, 11) is 0. The fourth-order valence-corrected chi connectivity index (χ4v) is 3.28. The van der Waals surface area contributed by atoms with Crippen molar-refractivity contribution in [3.05, 3.63) is 35.9 Å². The van der Waals surface area contributed by atoms with Crippen LogP contribution in [-0.4, -0.2) is 47.2 Å². The van der Waals surface area contributed by atoms with Crippen LogP contribution in [0.15, 0.2) is 30.3 Å². The van der Waals surface area contributed by atoms with Gasteiger partial charge in [0.05, 0.1) is 0 Å². The summed E-state index contributed by atoms with van der Waals surface area (Å²) >= 11 is 0. The maximum atomic E-state index is 12.6. The van der Waals surface area contributed by atoms with Gasteiger partial charge in [-0.3, -0.25) is 4.79 Å². The third-order valence-electron chi connectivity index (χ3n) is 5.01. The fourth-order valence-electron chi connectivity index (χ4n) is 3.28. The molecule has 0 aromatic heterocycles. The fraction of sp³-hybridized carbons (Fsp3) is 0.611. The predicted molar refractivity (Wildman–Crippen MR) is 86.6 cm³/mol. The van der Waals surface area contributed by atoms with Gasteiger partial charge < -0.3 is 15.3 Å². The van der Waals surface area contributed by atoms with Crippen molar-refractivity contribution in [2.45, 2.75) is 50.2 Å². The van der Waals surface area contributed by atoms with E-state index in [1.807, 2.05) is 23.1 Å². The number of aliphatic hydroxyl groups is 1. The number of hydrogen-bond donors (Lipinski definition) is 2. The normalized spacial score (nSPS) is 26.0. The highest BCUT2D eigenvalue weighted by Crippen LogP contribution is 2.24. The van der Waals surface area contributed by atoms with Crippen LogP contribution in [0.3, 0.4) is 0 Å². The zero-order valence-corrected chi connectivity index (χ0v) is 13.1. The predicted octanol–water partition coefficient (Wildman–Crippen LogP) is 1.72. The number of nitrogens with zero attached hydrogens (tertiary/aromatic N) is 1. The first-order chi connectivity index (χ1) is 10.7. The number of hydrogen-bond acceptors (Lipinski definition) is 3. The minimum absolute atomic E-state index is 0.0958. The van der Waals surface area contributed by atoms with Crippen molar-refractivity contribution < 1.29 is 9.90 Å². The average Bonchev–Trinajstić information content (AvgIpc) is 2.48.